The summed E-state index contributed by atoms with van der Waals surface area (Å²) in [6, 6.07) is 7.11. The molecule has 2 aromatic rings. The number of hydrogen-bond acceptors (Lipinski definition) is 6. The topological polar surface area (TPSA) is 88.3 Å². The molecule has 23 heavy (non-hydrogen) atoms. The lowest BCUT2D eigenvalue weighted by Crippen LogP contribution is -2.38. The van der Waals surface area contributed by atoms with Crippen LogP contribution in [-0.4, -0.2) is 45.4 Å². The van der Waals surface area contributed by atoms with Crippen LogP contribution in [0.25, 0.3) is 11.5 Å². The van der Waals surface area contributed by atoms with E-state index in [0.29, 0.717) is 24.2 Å². The molecule has 0 radical (unpaired) electrons. The van der Waals surface area contributed by atoms with Crippen molar-refractivity contribution in [3.63, 3.8) is 0 Å². The number of carbonyl (C=O) groups excluding carboxylic acids is 2. The Balaban J connectivity index is 1.67. The summed E-state index contributed by atoms with van der Waals surface area (Å²) in [6.45, 7) is 2.58. The Labute approximate surface area is 144 Å². The number of imide groups is 1. The molecule has 1 saturated heterocycles. The van der Waals surface area contributed by atoms with Crippen molar-refractivity contribution in [2.24, 2.45) is 0 Å². The number of thioether (sulfide) groups is 1. The van der Waals surface area contributed by atoms with E-state index in [4.69, 9.17) is 4.42 Å². The number of nitrogens with zero attached hydrogens (tertiary/aromatic N) is 3. The molecule has 1 aromatic heterocycles. The Morgan fingerprint density at radius 2 is 2.13 bits per heavy atom. The van der Waals surface area contributed by atoms with E-state index < -0.39 is 5.25 Å². The monoisotopic (exact) mass is 396 g/mol. The zero-order chi connectivity index (χ0) is 16.4. The van der Waals surface area contributed by atoms with E-state index in [1.54, 1.807) is 6.92 Å². The predicted molar refractivity (Wildman–Crippen MR) is 87.9 cm³/mol. The highest BCUT2D eigenvalue weighted by molar-refractivity contribution is 9.10. The van der Waals surface area contributed by atoms with Crippen molar-refractivity contribution in [1.82, 2.24) is 20.4 Å². The summed E-state index contributed by atoms with van der Waals surface area (Å²) >= 11 is 4.50. The fourth-order valence-electron chi connectivity index (χ4n) is 2.07. The molecule has 3 amide bonds. The first-order chi connectivity index (χ1) is 11.0. The van der Waals surface area contributed by atoms with Crippen molar-refractivity contribution in [2.45, 2.75) is 17.4 Å². The number of hydrogen-bond donors (Lipinski definition) is 1. The van der Waals surface area contributed by atoms with Crippen LogP contribution in [0, 0.1) is 0 Å². The zero-order valence-electron chi connectivity index (χ0n) is 12.2. The highest BCUT2D eigenvalue weighted by Gasteiger charge is 2.31. The van der Waals surface area contributed by atoms with Gasteiger partial charge in [-0.15, -0.1) is 10.2 Å². The number of halogens is 1. The zero-order valence-corrected chi connectivity index (χ0v) is 14.6. The Hall–Kier alpha value is -1.87. The van der Waals surface area contributed by atoms with Crippen LogP contribution in [0.15, 0.2) is 38.4 Å². The van der Waals surface area contributed by atoms with Crippen LogP contribution in [0.2, 0.25) is 0 Å². The molecule has 0 spiro atoms. The molecule has 0 bridgehead atoms. The lowest BCUT2D eigenvalue weighted by atomic mass is 10.2. The van der Waals surface area contributed by atoms with Gasteiger partial charge in [-0.1, -0.05) is 27.7 Å². The first kappa shape index (κ1) is 16.0. The maximum atomic E-state index is 12.2. The molecular weight excluding hydrogens is 384 g/mol. The molecule has 7 nitrogen and oxygen atoms in total. The summed E-state index contributed by atoms with van der Waals surface area (Å²) in [6.07, 6.45) is 0. The molecule has 1 atom stereocenters. The first-order valence-electron chi connectivity index (χ1n) is 6.90. The Bertz CT molecular complexity index is 734. The van der Waals surface area contributed by atoms with E-state index in [0.717, 1.165) is 21.8 Å². The molecule has 2 heterocycles. The summed E-state index contributed by atoms with van der Waals surface area (Å²) in [7, 11) is 0. The second kappa shape index (κ2) is 6.71. The van der Waals surface area contributed by atoms with Crippen LogP contribution in [0.4, 0.5) is 4.79 Å². The van der Waals surface area contributed by atoms with Crippen LogP contribution in [0.5, 0.6) is 0 Å². The third kappa shape index (κ3) is 3.56. The summed E-state index contributed by atoms with van der Waals surface area (Å²) < 4.78 is 6.53. The maximum absolute atomic E-state index is 12.2. The molecule has 0 aliphatic carbocycles. The Morgan fingerprint density at radius 3 is 2.78 bits per heavy atom. The van der Waals surface area contributed by atoms with Gasteiger partial charge in [0.2, 0.25) is 11.8 Å². The van der Waals surface area contributed by atoms with Gasteiger partial charge in [0, 0.05) is 23.1 Å². The molecule has 0 unspecified atom stereocenters. The lowest BCUT2D eigenvalue weighted by Gasteiger charge is -2.15. The fourth-order valence-corrected chi connectivity index (χ4v) is 3.08. The molecule has 1 aromatic carbocycles. The van der Waals surface area contributed by atoms with E-state index in [9.17, 15) is 9.59 Å². The van der Waals surface area contributed by atoms with E-state index in [-0.39, 0.29) is 11.9 Å². The van der Waals surface area contributed by atoms with Crippen molar-refractivity contribution in [3.8, 4) is 11.5 Å². The highest BCUT2D eigenvalue weighted by atomic mass is 79.9. The van der Waals surface area contributed by atoms with Gasteiger partial charge < -0.3 is 9.73 Å². The van der Waals surface area contributed by atoms with Crippen molar-refractivity contribution >= 4 is 39.6 Å². The minimum Gasteiger partial charge on any atom is -0.411 e. The molecule has 120 valence electrons. The number of urea groups is 1. The molecule has 1 N–H and O–H groups in total. The van der Waals surface area contributed by atoms with E-state index in [2.05, 4.69) is 31.4 Å². The molecule has 1 aliphatic rings. The van der Waals surface area contributed by atoms with Crippen LogP contribution in [-0.2, 0) is 4.79 Å². The van der Waals surface area contributed by atoms with Crippen molar-refractivity contribution in [3.05, 3.63) is 28.7 Å². The SMILES string of the molecule is C[C@@H](Sc1nnc(-c2ccc(Br)cc2)o1)C(=O)N1CCNC1=O. The number of nitrogens with one attached hydrogen (secondary N) is 1. The minimum atomic E-state index is -0.489. The largest absolute Gasteiger partial charge is 0.411 e. The minimum absolute atomic E-state index is 0.270. The number of amides is 3. The van der Waals surface area contributed by atoms with Gasteiger partial charge in [0.1, 0.15) is 0 Å². The quantitative estimate of drug-likeness (QED) is 0.798. The van der Waals surface area contributed by atoms with Gasteiger partial charge in [0.05, 0.1) is 5.25 Å². The van der Waals surface area contributed by atoms with E-state index in [1.165, 1.54) is 4.90 Å². The van der Waals surface area contributed by atoms with Gasteiger partial charge in [0.15, 0.2) is 0 Å². The van der Waals surface area contributed by atoms with Crippen LogP contribution in [0.1, 0.15) is 6.92 Å². The summed E-state index contributed by atoms with van der Waals surface area (Å²) in [5.41, 5.74) is 0.797. The van der Waals surface area contributed by atoms with Crippen molar-refractivity contribution in [1.29, 1.82) is 0 Å². The highest BCUT2D eigenvalue weighted by Crippen LogP contribution is 2.27. The van der Waals surface area contributed by atoms with Gasteiger partial charge >= 0.3 is 6.03 Å². The van der Waals surface area contributed by atoms with Gasteiger partial charge in [-0.25, -0.2) is 4.79 Å². The molecule has 0 saturated carbocycles. The van der Waals surface area contributed by atoms with Crippen molar-refractivity contribution < 1.29 is 14.0 Å². The van der Waals surface area contributed by atoms with Gasteiger partial charge in [0.25, 0.3) is 5.22 Å². The summed E-state index contributed by atoms with van der Waals surface area (Å²) in [5, 5.41) is 10.3. The van der Waals surface area contributed by atoms with E-state index >= 15 is 0 Å². The van der Waals surface area contributed by atoms with Gasteiger partial charge in [-0.2, -0.15) is 0 Å². The normalized spacial score (nSPS) is 15.6. The third-order valence-corrected chi connectivity index (χ3v) is 4.70. The van der Waals surface area contributed by atoms with Crippen LogP contribution >= 0.6 is 27.7 Å². The van der Waals surface area contributed by atoms with Crippen LogP contribution < -0.4 is 5.32 Å². The number of rotatable bonds is 4. The second-order valence-electron chi connectivity index (χ2n) is 4.86. The fraction of sp³-hybridized carbons (Fsp3) is 0.286. The second-order valence-corrected chi connectivity index (χ2v) is 7.07. The molecule has 1 fully saturated rings. The number of benzene rings is 1. The molecular formula is C14H13BrN4O3S. The lowest BCUT2D eigenvalue weighted by molar-refractivity contribution is -0.126. The molecule has 3 rings (SSSR count). The maximum Gasteiger partial charge on any atom is 0.324 e. The van der Waals surface area contributed by atoms with E-state index in [1.807, 2.05) is 24.3 Å². The predicted octanol–water partition coefficient (Wildman–Crippen LogP) is 2.53. The number of aromatic nitrogens is 2. The molecule has 9 heteroatoms. The molecule has 1 aliphatic heterocycles. The van der Waals surface area contributed by atoms with Gasteiger partial charge in [-0.3, -0.25) is 9.69 Å². The van der Waals surface area contributed by atoms with Gasteiger partial charge in [-0.05, 0) is 31.2 Å². The van der Waals surface area contributed by atoms with Crippen molar-refractivity contribution in [2.75, 3.05) is 13.1 Å². The first-order valence-corrected chi connectivity index (χ1v) is 8.57. The standard InChI is InChI=1S/C14H13BrN4O3S/c1-8(12(20)19-7-6-16-13(19)21)23-14-18-17-11(22-14)9-2-4-10(15)5-3-9/h2-5,8H,6-7H2,1H3,(H,16,21)/t8-/m1/s1. The Kier molecular flexibility index (Phi) is 4.67. The third-order valence-electron chi connectivity index (χ3n) is 3.25. The van der Waals surface area contributed by atoms with Crippen LogP contribution in [0.3, 0.4) is 0 Å². The Morgan fingerprint density at radius 1 is 1.39 bits per heavy atom. The smallest absolute Gasteiger partial charge is 0.324 e. The summed E-state index contributed by atoms with van der Waals surface area (Å²) in [5.74, 6) is 0.118. The number of carbonyl (C=O) groups is 2. The summed E-state index contributed by atoms with van der Waals surface area (Å²) in [4.78, 5) is 24.9. The average molecular weight is 397 g/mol. The average Bonchev–Trinajstić information content (AvgIpc) is 3.16.